The zero-order chi connectivity index (χ0) is 22.0. The van der Waals surface area contributed by atoms with Crippen molar-refractivity contribution in [2.75, 3.05) is 6.61 Å². The minimum absolute atomic E-state index is 0.0256. The molecule has 0 saturated heterocycles. The van der Waals surface area contributed by atoms with Gasteiger partial charge < -0.3 is 15.2 Å². The highest BCUT2D eigenvalue weighted by Crippen LogP contribution is 2.45. The molecule has 2 N–H and O–H groups in total. The first-order chi connectivity index (χ1) is 15.0. The van der Waals surface area contributed by atoms with Crippen LogP contribution in [-0.2, 0) is 0 Å². The smallest absolute Gasteiger partial charge is 0.341 e. The molecule has 0 aromatic heterocycles. The molecule has 2 aromatic rings. The van der Waals surface area contributed by atoms with Crippen LogP contribution in [0.2, 0.25) is 0 Å². The van der Waals surface area contributed by atoms with E-state index in [4.69, 9.17) is 4.74 Å². The van der Waals surface area contributed by atoms with Crippen LogP contribution in [0, 0.1) is 16.0 Å². The van der Waals surface area contributed by atoms with Gasteiger partial charge in [0.1, 0.15) is 0 Å². The lowest BCUT2D eigenvalue weighted by atomic mass is 9.77. The number of benzene rings is 2. The zero-order valence-electron chi connectivity index (χ0n) is 17.3. The van der Waals surface area contributed by atoms with E-state index in [1.165, 1.54) is 6.07 Å². The van der Waals surface area contributed by atoms with Crippen LogP contribution >= 0.6 is 0 Å². The summed E-state index contributed by atoms with van der Waals surface area (Å²) in [5.74, 6) is -0.547. The first-order valence-corrected chi connectivity index (χ1v) is 10.6. The number of rotatable bonds is 6. The number of phenols is 1. The van der Waals surface area contributed by atoms with E-state index >= 15 is 0 Å². The molecule has 2 aliphatic rings. The Morgan fingerprint density at radius 2 is 1.90 bits per heavy atom. The maximum atomic E-state index is 12.6. The second-order valence-electron chi connectivity index (χ2n) is 7.91. The van der Waals surface area contributed by atoms with Crippen LogP contribution in [0.25, 0.3) is 0 Å². The van der Waals surface area contributed by atoms with Crippen molar-refractivity contribution >= 4 is 17.4 Å². The SMILES string of the molecule is CCOc1cc(C2NC(=O)N=C(C3CCCC3)C2c2ccccc2)cc([N+](=O)[O-])c1O. The monoisotopic (exact) mass is 423 g/mol. The van der Waals surface area contributed by atoms with Gasteiger partial charge in [0.15, 0.2) is 5.75 Å². The Morgan fingerprint density at radius 1 is 1.19 bits per heavy atom. The maximum Gasteiger partial charge on any atom is 0.341 e. The van der Waals surface area contributed by atoms with Gasteiger partial charge in [-0.25, -0.2) is 9.79 Å². The molecule has 162 valence electrons. The van der Waals surface area contributed by atoms with Crippen molar-refractivity contribution in [3.05, 3.63) is 63.7 Å². The van der Waals surface area contributed by atoms with Crippen LogP contribution in [0.15, 0.2) is 47.5 Å². The van der Waals surface area contributed by atoms with Crippen molar-refractivity contribution in [1.29, 1.82) is 0 Å². The molecule has 2 aromatic carbocycles. The van der Waals surface area contributed by atoms with Gasteiger partial charge in [-0.05, 0) is 42.9 Å². The highest BCUT2D eigenvalue weighted by atomic mass is 16.6. The summed E-state index contributed by atoms with van der Waals surface area (Å²) in [5, 5.41) is 24.8. The third-order valence-electron chi connectivity index (χ3n) is 6.03. The quantitative estimate of drug-likeness (QED) is 0.508. The number of phenolic OH excluding ortho intramolecular Hbond substituents is 1. The molecule has 0 spiro atoms. The fraction of sp³-hybridized carbons (Fsp3) is 0.391. The maximum absolute atomic E-state index is 12.6. The molecule has 8 heteroatoms. The first-order valence-electron chi connectivity index (χ1n) is 10.6. The molecule has 2 atom stereocenters. The zero-order valence-corrected chi connectivity index (χ0v) is 17.3. The molecular formula is C23H25N3O5. The summed E-state index contributed by atoms with van der Waals surface area (Å²) in [5.41, 5.74) is 1.85. The predicted molar refractivity (Wildman–Crippen MR) is 116 cm³/mol. The summed E-state index contributed by atoms with van der Waals surface area (Å²) in [7, 11) is 0. The average molecular weight is 423 g/mol. The normalized spacial score (nSPS) is 21.5. The number of hydrogen-bond donors (Lipinski definition) is 2. The van der Waals surface area contributed by atoms with Crippen molar-refractivity contribution in [3.63, 3.8) is 0 Å². The van der Waals surface area contributed by atoms with Gasteiger partial charge in [0.05, 0.1) is 17.6 Å². The van der Waals surface area contributed by atoms with Crippen molar-refractivity contribution in [2.24, 2.45) is 10.9 Å². The van der Waals surface area contributed by atoms with Gasteiger partial charge in [0, 0.05) is 17.7 Å². The number of urea groups is 1. The van der Waals surface area contributed by atoms with E-state index in [1.54, 1.807) is 13.0 Å². The average Bonchev–Trinajstić information content (AvgIpc) is 3.30. The van der Waals surface area contributed by atoms with E-state index in [0.29, 0.717) is 5.56 Å². The molecule has 2 amide bonds. The van der Waals surface area contributed by atoms with Crippen molar-refractivity contribution in [1.82, 2.24) is 5.32 Å². The number of hydrogen-bond acceptors (Lipinski definition) is 5. The van der Waals surface area contributed by atoms with Gasteiger partial charge in [-0.1, -0.05) is 43.2 Å². The number of aliphatic imine (C=N–C) groups is 1. The van der Waals surface area contributed by atoms with Crippen LogP contribution in [0.5, 0.6) is 11.5 Å². The summed E-state index contributed by atoms with van der Waals surface area (Å²) in [6.07, 6.45) is 4.14. The lowest BCUT2D eigenvalue weighted by Gasteiger charge is -2.35. The molecule has 1 aliphatic carbocycles. The van der Waals surface area contributed by atoms with Gasteiger partial charge in [-0.2, -0.15) is 0 Å². The van der Waals surface area contributed by atoms with E-state index in [2.05, 4.69) is 10.3 Å². The number of carbonyl (C=O) groups is 1. The lowest BCUT2D eigenvalue weighted by molar-refractivity contribution is -0.386. The molecule has 2 unspecified atom stereocenters. The van der Waals surface area contributed by atoms with Gasteiger partial charge >= 0.3 is 11.7 Å². The molecule has 4 rings (SSSR count). The summed E-state index contributed by atoms with van der Waals surface area (Å²) < 4.78 is 5.46. The third kappa shape index (κ3) is 4.10. The standard InChI is InChI=1S/C23H25N3O5/c1-2-31-18-13-16(12-17(22(18)27)26(29)30)21-19(14-8-4-3-5-9-14)20(24-23(28)25-21)15-10-6-7-11-15/h3-5,8-9,12-13,15,19,21,27H,2,6-7,10-11H2,1H3,(H,25,28). The van der Waals surface area contributed by atoms with Crippen LogP contribution in [0.4, 0.5) is 10.5 Å². The van der Waals surface area contributed by atoms with E-state index in [-0.39, 0.29) is 24.2 Å². The minimum atomic E-state index is -0.643. The Labute approximate surface area is 180 Å². The Balaban J connectivity index is 1.86. The van der Waals surface area contributed by atoms with Crippen LogP contribution in [0.3, 0.4) is 0 Å². The molecule has 31 heavy (non-hydrogen) atoms. The van der Waals surface area contributed by atoms with Crippen LogP contribution in [0.1, 0.15) is 55.7 Å². The minimum Gasteiger partial charge on any atom is -0.500 e. The van der Waals surface area contributed by atoms with Crippen LogP contribution < -0.4 is 10.1 Å². The van der Waals surface area contributed by atoms with E-state index in [1.807, 2.05) is 30.3 Å². The predicted octanol–water partition coefficient (Wildman–Crippen LogP) is 4.88. The molecular weight excluding hydrogens is 398 g/mol. The topological polar surface area (TPSA) is 114 Å². The summed E-state index contributed by atoms with van der Waals surface area (Å²) in [6.45, 7) is 1.97. The first kappa shape index (κ1) is 20.8. The van der Waals surface area contributed by atoms with E-state index in [9.17, 15) is 20.0 Å². The second-order valence-corrected chi connectivity index (χ2v) is 7.91. The molecule has 1 heterocycles. The molecule has 0 bridgehead atoms. The summed E-state index contributed by atoms with van der Waals surface area (Å²) in [4.78, 5) is 27.9. The largest absolute Gasteiger partial charge is 0.500 e. The van der Waals surface area contributed by atoms with E-state index < -0.39 is 28.4 Å². The Morgan fingerprint density at radius 3 is 2.55 bits per heavy atom. The fourth-order valence-electron chi connectivity index (χ4n) is 4.67. The van der Waals surface area contributed by atoms with Crippen molar-refractivity contribution in [3.8, 4) is 11.5 Å². The van der Waals surface area contributed by atoms with Gasteiger partial charge in [0.25, 0.3) is 0 Å². The van der Waals surface area contributed by atoms with Crippen LogP contribution in [-0.4, -0.2) is 28.4 Å². The molecule has 1 aliphatic heterocycles. The number of nitrogens with one attached hydrogen (secondary N) is 1. The molecule has 1 fully saturated rings. The lowest BCUT2D eigenvalue weighted by Crippen LogP contribution is -2.41. The molecule has 1 saturated carbocycles. The van der Waals surface area contributed by atoms with E-state index in [0.717, 1.165) is 37.0 Å². The Bertz CT molecular complexity index is 1020. The van der Waals surface area contributed by atoms with Gasteiger partial charge in [-0.3, -0.25) is 10.1 Å². The van der Waals surface area contributed by atoms with Crippen molar-refractivity contribution < 1.29 is 19.6 Å². The number of aromatic hydroxyl groups is 1. The number of nitrogens with zero attached hydrogens (tertiary/aromatic N) is 2. The number of nitro groups is 1. The Kier molecular flexibility index (Phi) is 5.88. The number of nitro benzene ring substituents is 1. The molecule has 8 nitrogen and oxygen atoms in total. The summed E-state index contributed by atoms with van der Waals surface area (Å²) in [6, 6.07) is 11.6. The van der Waals surface area contributed by atoms with Gasteiger partial charge in [-0.15, -0.1) is 0 Å². The highest BCUT2D eigenvalue weighted by Gasteiger charge is 2.40. The third-order valence-corrected chi connectivity index (χ3v) is 6.03. The second kappa shape index (κ2) is 8.75. The number of amides is 2. The number of carbonyl (C=O) groups excluding carboxylic acids is 1. The Hall–Kier alpha value is -3.42. The van der Waals surface area contributed by atoms with Gasteiger partial charge in [0.2, 0.25) is 5.75 Å². The van der Waals surface area contributed by atoms with Crippen molar-refractivity contribution in [2.45, 2.75) is 44.6 Å². The summed E-state index contributed by atoms with van der Waals surface area (Å²) >= 11 is 0. The highest BCUT2D eigenvalue weighted by molar-refractivity contribution is 6.03. The number of ether oxygens (including phenoxy) is 1. The fourth-order valence-corrected chi connectivity index (χ4v) is 4.67. The molecule has 0 radical (unpaired) electrons.